The standard InChI is InChI=1S/C15H8F3NOS/c16-15(17,18)10-4-5-12(19-8-10)13(20)11-3-1-2-9-6-7-21-14(9)11/h1-8H. The maximum absolute atomic E-state index is 12.5. The van der Waals surface area contributed by atoms with Crippen LogP contribution in [0, 0.1) is 0 Å². The molecule has 0 unspecified atom stereocenters. The van der Waals surface area contributed by atoms with Gasteiger partial charge in [0, 0.05) is 16.5 Å². The van der Waals surface area contributed by atoms with Crippen molar-refractivity contribution in [1.82, 2.24) is 4.98 Å². The van der Waals surface area contributed by atoms with E-state index in [1.807, 2.05) is 17.5 Å². The highest BCUT2D eigenvalue weighted by atomic mass is 32.1. The fourth-order valence-electron chi connectivity index (χ4n) is 2.01. The number of carbonyl (C=O) groups is 1. The molecule has 3 rings (SSSR count). The molecule has 0 spiro atoms. The minimum atomic E-state index is -4.46. The first kappa shape index (κ1) is 13.8. The predicted octanol–water partition coefficient (Wildman–Crippen LogP) is 4.55. The van der Waals surface area contributed by atoms with Crippen LogP contribution in [0.1, 0.15) is 21.6 Å². The number of aromatic nitrogens is 1. The van der Waals surface area contributed by atoms with Gasteiger partial charge < -0.3 is 0 Å². The molecule has 0 aliphatic rings. The number of hydrogen-bond donors (Lipinski definition) is 0. The minimum Gasteiger partial charge on any atom is -0.287 e. The molecule has 2 nitrogen and oxygen atoms in total. The summed E-state index contributed by atoms with van der Waals surface area (Å²) in [5.74, 6) is -0.378. The van der Waals surface area contributed by atoms with Crippen molar-refractivity contribution < 1.29 is 18.0 Å². The zero-order chi connectivity index (χ0) is 15.0. The third kappa shape index (κ3) is 2.54. The van der Waals surface area contributed by atoms with Crippen LogP contribution in [0.4, 0.5) is 13.2 Å². The fraction of sp³-hybridized carbons (Fsp3) is 0.0667. The van der Waals surface area contributed by atoms with Crippen LogP contribution in [0.2, 0.25) is 0 Å². The molecule has 21 heavy (non-hydrogen) atoms. The molecule has 0 N–H and O–H groups in total. The summed E-state index contributed by atoms with van der Waals surface area (Å²) in [6.45, 7) is 0. The normalized spacial score (nSPS) is 11.8. The summed E-state index contributed by atoms with van der Waals surface area (Å²) in [7, 11) is 0. The molecule has 0 amide bonds. The smallest absolute Gasteiger partial charge is 0.287 e. The number of fused-ring (bicyclic) bond motifs is 1. The van der Waals surface area contributed by atoms with Crippen molar-refractivity contribution in [2.75, 3.05) is 0 Å². The van der Waals surface area contributed by atoms with Crippen molar-refractivity contribution >= 4 is 27.2 Å². The Bertz CT molecular complexity index is 806. The SMILES string of the molecule is O=C(c1ccc(C(F)(F)F)cn1)c1cccc2ccsc12. The number of ketones is 1. The lowest BCUT2D eigenvalue weighted by Gasteiger charge is -2.07. The first-order chi connectivity index (χ1) is 9.97. The lowest BCUT2D eigenvalue weighted by Crippen LogP contribution is -2.09. The van der Waals surface area contributed by atoms with Gasteiger partial charge in [-0.15, -0.1) is 11.3 Å². The molecule has 0 aliphatic carbocycles. The second-order valence-electron chi connectivity index (χ2n) is 4.40. The highest BCUT2D eigenvalue weighted by molar-refractivity contribution is 7.17. The van der Waals surface area contributed by atoms with E-state index in [1.54, 1.807) is 12.1 Å². The van der Waals surface area contributed by atoms with E-state index in [0.717, 1.165) is 22.2 Å². The van der Waals surface area contributed by atoms with Gasteiger partial charge >= 0.3 is 6.18 Å². The van der Waals surface area contributed by atoms with E-state index >= 15 is 0 Å². The van der Waals surface area contributed by atoms with Crippen molar-refractivity contribution in [2.45, 2.75) is 6.18 Å². The summed E-state index contributed by atoms with van der Waals surface area (Å²) in [6, 6.07) is 9.14. The van der Waals surface area contributed by atoms with Gasteiger partial charge in [-0.1, -0.05) is 12.1 Å². The van der Waals surface area contributed by atoms with Crippen molar-refractivity contribution in [2.24, 2.45) is 0 Å². The molecular weight excluding hydrogens is 299 g/mol. The third-order valence-corrected chi connectivity index (χ3v) is 4.01. The molecule has 0 atom stereocenters. The monoisotopic (exact) mass is 307 g/mol. The average molecular weight is 307 g/mol. The van der Waals surface area contributed by atoms with E-state index in [2.05, 4.69) is 4.98 Å². The Morgan fingerprint density at radius 3 is 2.57 bits per heavy atom. The maximum Gasteiger partial charge on any atom is 0.417 e. The first-order valence-corrected chi connectivity index (χ1v) is 6.89. The number of carbonyl (C=O) groups excluding carboxylic acids is 1. The summed E-state index contributed by atoms with van der Waals surface area (Å²) in [4.78, 5) is 16.0. The molecule has 0 radical (unpaired) electrons. The Labute approximate surface area is 121 Å². The van der Waals surface area contributed by atoms with Gasteiger partial charge in [0.25, 0.3) is 0 Å². The number of thiophene rings is 1. The van der Waals surface area contributed by atoms with Crippen LogP contribution in [0.5, 0.6) is 0 Å². The van der Waals surface area contributed by atoms with Crippen LogP contribution in [-0.2, 0) is 6.18 Å². The van der Waals surface area contributed by atoms with E-state index < -0.39 is 11.7 Å². The van der Waals surface area contributed by atoms with Gasteiger partial charge in [-0.05, 0) is 35.0 Å². The molecule has 106 valence electrons. The molecule has 0 saturated carbocycles. The van der Waals surface area contributed by atoms with Gasteiger partial charge in [-0.3, -0.25) is 9.78 Å². The Balaban J connectivity index is 2.01. The lowest BCUT2D eigenvalue weighted by molar-refractivity contribution is -0.137. The molecule has 0 aliphatic heterocycles. The highest BCUT2D eigenvalue weighted by Gasteiger charge is 2.31. The van der Waals surface area contributed by atoms with E-state index in [-0.39, 0.29) is 11.5 Å². The summed E-state index contributed by atoms with van der Waals surface area (Å²) in [6.07, 6.45) is -3.77. The van der Waals surface area contributed by atoms with Gasteiger partial charge in [0.05, 0.1) is 5.56 Å². The van der Waals surface area contributed by atoms with Crippen LogP contribution in [0.3, 0.4) is 0 Å². The van der Waals surface area contributed by atoms with Crippen LogP contribution < -0.4 is 0 Å². The van der Waals surface area contributed by atoms with Gasteiger partial charge in [-0.2, -0.15) is 13.2 Å². The number of hydrogen-bond acceptors (Lipinski definition) is 3. The largest absolute Gasteiger partial charge is 0.417 e. The average Bonchev–Trinajstić information content (AvgIpc) is 2.94. The summed E-state index contributed by atoms with van der Waals surface area (Å²) in [5, 5.41) is 2.79. The molecule has 0 fully saturated rings. The van der Waals surface area contributed by atoms with Gasteiger partial charge in [0.2, 0.25) is 5.78 Å². The summed E-state index contributed by atoms with van der Waals surface area (Å²) >= 11 is 1.42. The van der Waals surface area contributed by atoms with Gasteiger partial charge in [0.15, 0.2) is 0 Å². The molecule has 2 heterocycles. The van der Waals surface area contributed by atoms with Crippen LogP contribution in [0.25, 0.3) is 10.1 Å². The number of alkyl halides is 3. The third-order valence-electron chi connectivity index (χ3n) is 3.05. The molecule has 1 aromatic carbocycles. The Hall–Kier alpha value is -2.21. The predicted molar refractivity (Wildman–Crippen MR) is 74.5 cm³/mol. The zero-order valence-corrected chi connectivity index (χ0v) is 11.3. The number of halogens is 3. The number of rotatable bonds is 2. The highest BCUT2D eigenvalue weighted by Crippen LogP contribution is 2.29. The van der Waals surface area contributed by atoms with Gasteiger partial charge in [-0.25, -0.2) is 0 Å². The first-order valence-electron chi connectivity index (χ1n) is 6.01. The summed E-state index contributed by atoms with van der Waals surface area (Å²) < 4.78 is 38.3. The molecular formula is C15H8F3NOS. The molecule has 6 heteroatoms. The molecule has 3 aromatic rings. The molecule has 0 saturated heterocycles. The topological polar surface area (TPSA) is 30.0 Å². The number of benzene rings is 1. The van der Waals surface area contributed by atoms with E-state index in [9.17, 15) is 18.0 Å². The van der Waals surface area contributed by atoms with Crippen LogP contribution in [0.15, 0.2) is 48.0 Å². The number of pyridine rings is 1. The second-order valence-corrected chi connectivity index (χ2v) is 5.32. The Morgan fingerprint density at radius 1 is 1.10 bits per heavy atom. The van der Waals surface area contributed by atoms with Crippen LogP contribution in [-0.4, -0.2) is 10.8 Å². The Morgan fingerprint density at radius 2 is 1.90 bits per heavy atom. The van der Waals surface area contributed by atoms with E-state index in [1.165, 1.54) is 11.3 Å². The van der Waals surface area contributed by atoms with E-state index in [0.29, 0.717) is 11.8 Å². The quantitative estimate of drug-likeness (QED) is 0.650. The molecule has 2 aromatic heterocycles. The minimum absolute atomic E-state index is 0.00361. The van der Waals surface area contributed by atoms with Crippen LogP contribution >= 0.6 is 11.3 Å². The lowest BCUT2D eigenvalue weighted by atomic mass is 10.1. The number of nitrogens with zero attached hydrogens (tertiary/aromatic N) is 1. The Kier molecular flexibility index (Phi) is 3.25. The summed E-state index contributed by atoms with van der Waals surface area (Å²) in [5.41, 5.74) is -0.410. The fourth-order valence-corrected chi connectivity index (χ4v) is 2.92. The van der Waals surface area contributed by atoms with Crippen molar-refractivity contribution in [3.8, 4) is 0 Å². The van der Waals surface area contributed by atoms with E-state index in [4.69, 9.17) is 0 Å². The second kappa shape index (κ2) is 4.96. The maximum atomic E-state index is 12.5. The molecule has 0 bridgehead atoms. The van der Waals surface area contributed by atoms with Crippen molar-refractivity contribution in [1.29, 1.82) is 0 Å². The zero-order valence-electron chi connectivity index (χ0n) is 10.5. The van der Waals surface area contributed by atoms with Crippen molar-refractivity contribution in [3.63, 3.8) is 0 Å². The van der Waals surface area contributed by atoms with Crippen molar-refractivity contribution in [3.05, 3.63) is 64.8 Å². The van der Waals surface area contributed by atoms with Gasteiger partial charge in [0.1, 0.15) is 5.69 Å².